The molecule has 0 aromatic heterocycles. The first-order valence-electron chi connectivity index (χ1n) is 8.61. The monoisotopic (exact) mass is 318 g/mol. The van der Waals surface area contributed by atoms with Gasteiger partial charge in [-0.2, -0.15) is 0 Å². The number of urea groups is 1. The lowest BCUT2D eigenvalue weighted by Gasteiger charge is -2.50. The molecular formula is C19H30N2O2. The third kappa shape index (κ3) is 4.18. The van der Waals surface area contributed by atoms with Crippen LogP contribution in [0.2, 0.25) is 0 Å². The van der Waals surface area contributed by atoms with Gasteiger partial charge in [-0.05, 0) is 38.3 Å². The highest BCUT2D eigenvalue weighted by Crippen LogP contribution is 2.39. The van der Waals surface area contributed by atoms with E-state index in [1.807, 2.05) is 35.2 Å². The van der Waals surface area contributed by atoms with Crippen molar-refractivity contribution in [2.75, 3.05) is 6.54 Å². The van der Waals surface area contributed by atoms with Crippen LogP contribution in [0.5, 0.6) is 5.75 Å². The van der Waals surface area contributed by atoms with Crippen LogP contribution < -0.4 is 10.5 Å². The minimum Gasteiger partial charge on any atom is -0.490 e. The zero-order valence-electron chi connectivity index (χ0n) is 14.8. The molecule has 1 fully saturated rings. The zero-order valence-corrected chi connectivity index (χ0v) is 14.8. The lowest BCUT2D eigenvalue weighted by Crippen LogP contribution is -2.62. The highest BCUT2D eigenvalue weighted by molar-refractivity contribution is 5.73. The van der Waals surface area contributed by atoms with Gasteiger partial charge in [0.2, 0.25) is 0 Å². The average Bonchev–Trinajstić information content (AvgIpc) is 2.46. The number of amides is 2. The predicted octanol–water partition coefficient (Wildman–Crippen LogP) is 4.05. The van der Waals surface area contributed by atoms with Crippen LogP contribution in [0.25, 0.3) is 0 Å². The van der Waals surface area contributed by atoms with Crippen molar-refractivity contribution >= 4 is 6.03 Å². The van der Waals surface area contributed by atoms with Crippen molar-refractivity contribution in [1.82, 2.24) is 4.90 Å². The number of benzene rings is 1. The number of likely N-dealkylation sites (tertiary alicyclic amines) is 1. The summed E-state index contributed by atoms with van der Waals surface area (Å²) in [5.74, 6) is 1.80. The molecule has 0 spiro atoms. The second kappa shape index (κ2) is 7.24. The van der Waals surface area contributed by atoms with Gasteiger partial charge in [0.25, 0.3) is 0 Å². The van der Waals surface area contributed by atoms with Gasteiger partial charge in [0.1, 0.15) is 11.9 Å². The molecule has 1 aliphatic heterocycles. The molecule has 23 heavy (non-hydrogen) atoms. The second-order valence-electron chi connectivity index (χ2n) is 7.48. The number of carbonyl (C=O) groups is 1. The Morgan fingerprint density at radius 3 is 2.57 bits per heavy atom. The van der Waals surface area contributed by atoms with Crippen LogP contribution in [0, 0.1) is 11.8 Å². The van der Waals surface area contributed by atoms with Crippen molar-refractivity contribution < 1.29 is 9.53 Å². The lowest BCUT2D eigenvalue weighted by molar-refractivity contribution is -0.0313. The number of primary amides is 1. The molecule has 2 rings (SSSR count). The van der Waals surface area contributed by atoms with Crippen LogP contribution in [0.4, 0.5) is 4.79 Å². The van der Waals surface area contributed by atoms with E-state index < -0.39 is 0 Å². The van der Waals surface area contributed by atoms with E-state index in [-0.39, 0.29) is 23.6 Å². The van der Waals surface area contributed by atoms with Crippen LogP contribution in [-0.4, -0.2) is 29.1 Å². The summed E-state index contributed by atoms with van der Waals surface area (Å²) in [6.45, 7) is 9.34. The fourth-order valence-electron chi connectivity index (χ4n) is 3.66. The normalized spacial score (nSPS) is 23.8. The molecule has 1 aliphatic rings. The van der Waals surface area contributed by atoms with Crippen LogP contribution in [0.1, 0.15) is 47.0 Å². The summed E-state index contributed by atoms with van der Waals surface area (Å²) in [6, 6.07) is 9.62. The molecule has 4 nitrogen and oxygen atoms in total. The standard InChI is InChI=1S/C19H30N2O2/c1-14(2)10-11-16-17(23-15-8-6-5-7-9-15)12-13-21(18(20)22)19(16,3)4/h5-9,14,16-17H,10-13H2,1-4H3,(H2,20,22). The maximum absolute atomic E-state index is 11.8. The van der Waals surface area contributed by atoms with E-state index in [1.54, 1.807) is 0 Å². The molecule has 2 N–H and O–H groups in total. The van der Waals surface area contributed by atoms with Gasteiger partial charge in [-0.15, -0.1) is 0 Å². The van der Waals surface area contributed by atoms with Gasteiger partial charge in [-0.1, -0.05) is 38.5 Å². The zero-order chi connectivity index (χ0) is 17.0. The average molecular weight is 318 g/mol. The minimum atomic E-state index is -0.331. The number of hydrogen-bond donors (Lipinski definition) is 1. The van der Waals surface area contributed by atoms with E-state index in [2.05, 4.69) is 27.7 Å². The Bertz CT molecular complexity index is 513. The van der Waals surface area contributed by atoms with Gasteiger partial charge in [0.05, 0.1) is 0 Å². The molecule has 0 radical (unpaired) electrons. The fraction of sp³-hybridized carbons (Fsp3) is 0.632. The quantitative estimate of drug-likeness (QED) is 0.890. The number of para-hydroxylation sites is 1. The van der Waals surface area contributed by atoms with Gasteiger partial charge >= 0.3 is 6.03 Å². The maximum Gasteiger partial charge on any atom is 0.315 e. The van der Waals surface area contributed by atoms with Crippen molar-refractivity contribution in [2.24, 2.45) is 17.6 Å². The van der Waals surface area contributed by atoms with E-state index in [1.165, 1.54) is 0 Å². The van der Waals surface area contributed by atoms with Crippen molar-refractivity contribution in [3.05, 3.63) is 30.3 Å². The van der Waals surface area contributed by atoms with Crippen LogP contribution in [0.3, 0.4) is 0 Å². The molecule has 2 amide bonds. The fourth-order valence-corrected chi connectivity index (χ4v) is 3.66. The van der Waals surface area contributed by atoms with E-state index in [0.717, 1.165) is 25.0 Å². The maximum atomic E-state index is 11.8. The Hall–Kier alpha value is -1.71. The van der Waals surface area contributed by atoms with E-state index in [0.29, 0.717) is 12.5 Å². The number of hydrogen-bond acceptors (Lipinski definition) is 2. The number of rotatable bonds is 5. The number of piperidine rings is 1. The largest absolute Gasteiger partial charge is 0.490 e. The second-order valence-corrected chi connectivity index (χ2v) is 7.48. The van der Waals surface area contributed by atoms with Crippen molar-refractivity contribution in [1.29, 1.82) is 0 Å². The Kier molecular flexibility index (Phi) is 5.55. The molecule has 128 valence electrons. The van der Waals surface area contributed by atoms with Crippen molar-refractivity contribution in [2.45, 2.75) is 58.6 Å². The highest BCUT2D eigenvalue weighted by Gasteiger charge is 2.46. The molecular weight excluding hydrogens is 288 g/mol. The van der Waals surface area contributed by atoms with E-state index in [9.17, 15) is 4.79 Å². The molecule has 1 aromatic rings. The minimum absolute atomic E-state index is 0.113. The SMILES string of the molecule is CC(C)CCC1C(Oc2ccccc2)CCN(C(N)=O)C1(C)C. The summed E-state index contributed by atoms with van der Waals surface area (Å²) < 4.78 is 6.29. The third-order valence-electron chi connectivity index (χ3n) is 5.04. The van der Waals surface area contributed by atoms with Gasteiger partial charge in [-0.3, -0.25) is 0 Å². The summed E-state index contributed by atoms with van der Waals surface area (Å²) in [5, 5.41) is 0. The summed E-state index contributed by atoms with van der Waals surface area (Å²) in [7, 11) is 0. The van der Waals surface area contributed by atoms with Crippen molar-refractivity contribution in [3.63, 3.8) is 0 Å². The van der Waals surface area contributed by atoms with Gasteiger partial charge in [-0.25, -0.2) is 4.79 Å². The first-order valence-corrected chi connectivity index (χ1v) is 8.61. The summed E-state index contributed by atoms with van der Waals surface area (Å²) >= 11 is 0. The van der Waals surface area contributed by atoms with E-state index in [4.69, 9.17) is 10.5 Å². The topological polar surface area (TPSA) is 55.6 Å². The molecule has 1 heterocycles. The molecule has 2 unspecified atom stereocenters. The molecule has 1 saturated heterocycles. The van der Waals surface area contributed by atoms with Crippen molar-refractivity contribution in [3.8, 4) is 5.75 Å². The third-order valence-corrected chi connectivity index (χ3v) is 5.04. The first-order chi connectivity index (χ1) is 10.8. The first kappa shape index (κ1) is 17.6. The Balaban J connectivity index is 2.20. The number of nitrogens with zero attached hydrogens (tertiary/aromatic N) is 1. The smallest absolute Gasteiger partial charge is 0.315 e. The summed E-state index contributed by atoms with van der Waals surface area (Å²) in [5.41, 5.74) is 5.31. The van der Waals surface area contributed by atoms with Crippen LogP contribution in [0.15, 0.2) is 30.3 Å². The van der Waals surface area contributed by atoms with E-state index >= 15 is 0 Å². The highest BCUT2D eigenvalue weighted by atomic mass is 16.5. The van der Waals surface area contributed by atoms with Crippen LogP contribution >= 0.6 is 0 Å². The molecule has 0 bridgehead atoms. The lowest BCUT2D eigenvalue weighted by atomic mass is 9.74. The van der Waals surface area contributed by atoms with Gasteiger partial charge in [0.15, 0.2) is 0 Å². The predicted molar refractivity (Wildman–Crippen MR) is 93.4 cm³/mol. The summed E-state index contributed by atoms with van der Waals surface area (Å²) in [6.07, 6.45) is 3.09. The molecule has 2 atom stereocenters. The number of nitrogens with two attached hydrogens (primary N) is 1. The number of ether oxygens (including phenoxy) is 1. The summed E-state index contributed by atoms with van der Waals surface area (Å²) in [4.78, 5) is 13.6. The molecule has 0 saturated carbocycles. The molecule has 1 aromatic carbocycles. The number of carbonyl (C=O) groups excluding carboxylic acids is 1. The Morgan fingerprint density at radius 1 is 1.35 bits per heavy atom. The Labute approximate surface area is 140 Å². The van der Waals surface area contributed by atoms with Gasteiger partial charge in [0, 0.05) is 24.4 Å². The molecule has 0 aliphatic carbocycles. The van der Waals surface area contributed by atoms with Crippen LogP contribution in [-0.2, 0) is 0 Å². The Morgan fingerprint density at radius 2 is 2.00 bits per heavy atom. The molecule has 4 heteroatoms. The van der Waals surface area contributed by atoms with Gasteiger partial charge < -0.3 is 15.4 Å².